The number of nitrogens with zero attached hydrogens (tertiary/aromatic N) is 2. The summed E-state index contributed by atoms with van der Waals surface area (Å²) in [5, 5.41) is 3.42. The first-order valence-electron chi connectivity index (χ1n) is 6.81. The first-order chi connectivity index (χ1) is 8.16. The van der Waals surface area contributed by atoms with E-state index in [1.807, 2.05) is 14.1 Å². The minimum atomic E-state index is 0.212. The maximum Gasteiger partial charge on any atom is 0.223 e. The molecule has 17 heavy (non-hydrogen) atoms. The van der Waals surface area contributed by atoms with Crippen LogP contribution in [-0.2, 0) is 4.79 Å². The van der Waals surface area contributed by atoms with Gasteiger partial charge in [0.15, 0.2) is 0 Å². The lowest BCUT2D eigenvalue weighted by Crippen LogP contribution is -2.31. The van der Waals surface area contributed by atoms with E-state index in [1.165, 1.54) is 32.4 Å². The summed E-state index contributed by atoms with van der Waals surface area (Å²) >= 11 is 0. The lowest BCUT2D eigenvalue weighted by Gasteiger charge is -2.15. The summed E-state index contributed by atoms with van der Waals surface area (Å²) in [6.07, 6.45) is 4.77. The van der Waals surface area contributed by atoms with E-state index in [4.69, 9.17) is 0 Å². The van der Waals surface area contributed by atoms with Crippen molar-refractivity contribution in [3.8, 4) is 0 Å². The summed E-state index contributed by atoms with van der Waals surface area (Å²) in [5.74, 6) is 1.01. The van der Waals surface area contributed by atoms with Crippen LogP contribution in [0.1, 0.15) is 25.7 Å². The Balaban J connectivity index is 1.52. The second kappa shape index (κ2) is 5.83. The Kier molecular flexibility index (Phi) is 4.40. The SMILES string of the molecule is CN(C)C(=O)CCNCC1CCN(C2CC2)C1. The number of carbonyl (C=O) groups excluding carboxylic acids is 1. The fourth-order valence-electron chi connectivity index (χ4n) is 2.53. The van der Waals surface area contributed by atoms with Gasteiger partial charge in [0.1, 0.15) is 0 Å². The molecular weight excluding hydrogens is 214 g/mol. The smallest absolute Gasteiger partial charge is 0.223 e. The fourth-order valence-corrected chi connectivity index (χ4v) is 2.53. The molecule has 4 nitrogen and oxygen atoms in total. The first-order valence-corrected chi connectivity index (χ1v) is 6.81. The molecule has 0 spiro atoms. The van der Waals surface area contributed by atoms with Crippen molar-refractivity contribution in [1.82, 2.24) is 15.1 Å². The van der Waals surface area contributed by atoms with E-state index in [2.05, 4.69) is 10.2 Å². The van der Waals surface area contributed by atoms with Gasteiger partial charge in [-0.3, -0.25) is 4.79 Å². The third-order valence-electron chi connectivity index (χ3n) is 3.83. The van der Waals surface area contributed by atoms with Gasteiger partial charge in [0.25, 0.3) is 0 Å². The molecule has 2 fully saturated rings. The Labute approximate surface area is 104 Å². The van der Waals surface area contributed by atoms with Crippen LogP contribution in [0, 0.1) is 5.92 Å². The van der Waals surface area contributed by atoms with Crippen LogP contribution in [0.2, 0.25) is 0 Å². The fraction of sp³-hybridized carbons (Fsp3) is 0.923. The average molecular weight is 239 g/mol. The Morgan fingerprint density at radius 1 is 1.35 bits per heavy atom. The second-order valence-electron chi connectivity index (χ2n) is 5.62. The van der Waals surface area contributed by atoms with E-state index in [9.17, 15) is 4.79 Å². The van der Waals surface area contributed by atoms with Crippen LogP contribution in [0.15, 0.2) is 0 Å². The standard InChI is InChI=1S/C13H25N3O/c1-15(2)13(17)5-7-14-9-11-6-8-16(10-11)12-3-4-12/h11-12,14H,3-10H2,1-2H3. The van der Waals surface area contributed by atoms with Crippen molar-refractivity contribution in [2.75, 3.05) is 40.3 Å². The van der Waals surface area contributed by atoms with E-state index in [1.54, 1.807) is 4.90 Å². The molecule has 98 valence electrons. The van der Waals surface area contributed by atoms with Crippen LogP contribution in [0.4, 0.5) is 0 Å². The van der Waals surface area contributed by atoms with Gasteiger partial charge in [-0.25, -0.2) is 0 Å². The van der Waals surface area contributed by atoms with E-state index < -0.39 is 0 Å². The lowest BCUT2D eigenvalue weighted by molar-refractivity contribution is -0.128. The quantitative estimate of drug-likeness (QED) is 0.687. The Morgan fingerprint density at radius 2 is 2.12 bits per heavy atom. The molecule has 1 aliphatic carbocycles. The number of carbonyl (C=O) groups is 1. The molecule has 1 unspecified atom stereocenters. The van der Waals surface area contributed by atoms with Crippen molar-refractivity contribution < 1.29 is 4.79 Å². The highest BCUT2D eigenvalue weighted by molar-refractivity contribution is 5.75. The third kappa shape index (κ3) is 3.96. The van der Waals surface area contributed by atoms with Crippen molar-refractivity contribution in [2.24, 2.45) is 5.92 Å². The van der Waals surface area contributed by atoms with Crippen molar-refractivity contribution >= 4 is 5.91 Å². The normalized spacial score (nSPS) is 25.2. The van der Waals surface area contributed by atoms with Crippen LogP contribution >= 0.6 is 0 Å². The molecule has 0 aromatic carbocycles. The van der Waals surface area contributed by atoms with Gasteiger partial charge < -0.3 is 15.1 Å². The number of rotatable bonds is 6. The summed E-state index contributed by atoms with van der Waals surface area (Å²) in [6.45, 7) is 4.44. The average Bonchev–Trinajstić information content (AvgIpc) is 3.04. The summed E-state index contributed by atoms with van der Waals surface area (Å²) in [4.78, 5) is 15.7. The topological polar surface area (TPSA) is 35.6 Å². The third-order valence-corrected chi connectivity index (χ3v) is 3.83. The number of hydrogen-bond donors (Lipinski definition) is 1. The zero-order chi connectivity index (χ0) is 12.3. The predicted molar refractivity (Wildman–Crippen MR) is 68.9 cm³/mol. The molecule has 1 N–H and O–H groups in total. The number of nitrogens with one attached hydrogen (secondary N) is 1. The van der Waals surface area contributed by atoms with Gasteiger partial charge in [0.05, 0.1) is 0 Å². The van der Waals surface area contributed by atoms with Gasteiger partial charge in [-0.15, -0.1) is 0 Å². The van der Waals surface area contributed by atoms with Crippen molar-refractivity contribution in [3.63, 3.8) is 0 Å². The summed E-state index contributed by atoms with van der Waals surface area (Å²) in [5.41, 5.74) is 0. The van der Waals surface area contributed by atoms with Gasteiger partial charge in [-0.1, -0.05) is 0 Å². The van der Waals surface area contributed by atoms with Crippen LogP contribution in [0.25, 0.3) is 0 Å². The molecule has 1 saturated carbocycles. The van der Waals surface area contributed by atoms with E-state index in [-0.39, 0.29) is 5.91 Å². The predicted octanol–water partition coefficient (Wildman–Crippen LogP) is 0.539. The Morgan fingerprint density at radius 3 is 2.76 bits per heavy atom. The highest BCUT2D eigenvalue weighted by atomic mass is 16.2. The van der Waals surface area contributed by atoms with Gasteiger partial charge >= 0.3 is 0 Å². The lowest BCUT2D eigenvalue weighted by atomic mass is 10.1. The Bertz CT molecular complexity index is 263. The van der Waals surface area contributed by atoms with Crippen LogP contribution in [0.3, 0.4) is 0 Å². The van der Waals surface area contributed by atoms with Crippen LogP contribution < -0.4 is 5.32 Å². The molecule has 0 aromatic rings. The minimum Gasteiger partial charge on any atom is -0.349 e. The van der Waals surface area contributed by atoms with Gasteiger partial charge in [-0.2, -0.15) is 0 Å². The summed E-state index contributed by atoms with van der Waals surface area (Å²) in [7, 11) is 3.62. The first kappa shape index (κ1) is 12.8. The van der Waals surface area contributed by atoms with Gasteiger partial charge in [-0.05, 0) is 38.3 Å². The zero-order valence-corrected chi connectivity index (χ0v) is 11.1. The minimum absolute atomic E-state index is 0.212. The molecule has 0 aromatic heterocycles. The molecule has 1 amide bonds. The van der Waals surface area contributed by atoms with Gasteiger partial charge in [0.2, 0.25) is 5.91 Å². The highest BCUT2D eigenvalue weighted by Gasteiger charge is 2.33. The maximum absolute atomic E-state index is 11.4. The second-order valence-corrected chi connectivity index (χ2v) is 5.62. The molecule has 1 heterocycles. The molecule has 2 rings (SSSR count). The molecule has 0 bridgehead atoms. The van der Waals surface area contributed by atoms with Crippen LogP contribution in [0.5, 0.6) is 0 Å². The van der Waals surface area contributed by atoms with Crippen molar-refractivity contribution in [1.29, 1.82) is 0 Å². The maximum atomic E-state index is 11.4. The van der Waals surface area contributed by atoms with E-state index in [0.717, 1.165) is 25.0 Å². The summed E-state index contributed by atoms with van der Waals surface area (Å²) < 4.78 is 0. The van der Waals surface area contributed by atoms with Crippen molar-refractivity contribution in [3.05, 3.63) is 0 Å². The monoisotopic (exact) mass is 239 g/mol. The molecule has 4 heteroatoms. The molecular formula is C13H25N3O. The summed E-state index contributed by atoms with van der Waals surface area (Å²) in [6, 6.07) is 0.912. The molecule has 2 aliphatic rings. The highest BCUT2D eigenvalue weighted by Crippen LogP contribution is 2.31. The zero-order valence-electron chi connectivity index (χ0n) is 11.1. The van der Waals surface area contributed by atoms with Crippen LogP contribution in [-0.4, -0.2) is 62.0 Å². The molecule has 1 atom stereocenters. The largest absolute Gasteiger partial charge is 0.349 e. The Hall–Kier alpha value is -0.610. The molecule has 0 radical (unpaired) electrons. The number of amides is 1. The van der Waals surface area contributed by atoms with Crippen molar-refractivity contribution in [2.45, 2.75) is 31.7 Å². The van der Waals surface area contributed by atoms with E-state index in [0.29, 0.717) is 6.42 Å². The van der Waals surface area contributed by atoms with Gasteiger partial charge in [0, 0.05) is 39.6 Å². The molecule has 1 aliphatic heterocycles. The van der Waals surface area contributed by atoms with E-state index >= 15 is 0 Å². The number of likely N-dealkylation sites (tertiary alicyclic amines) is 1. The number of hydrogen-bond acceptors (Lipinski definition) is 3. The molecule has 1 saturated heterocycles.